The Morgan fingerprint density at radius 3 is 2.73 bits per heavy atom. The zero-order valence-corrected chi connectivity index (χ0v) is 12.2. The van der Waals surface area contributed by atoms with Crippen molar-refractivity contribution < 1.29 is 9.21 Å². The van der Waals surface area contributed by atoms with Crippen molar-refractivity contribution in [3.8, 4) is 11.1 Å². The highest BCUT2D eigenvalue weighted by molar-refractivity contribution is 6.31. The summed E-state index contributed by atoms with van der Waals surface area (Å²) in [5.41, 5.74) is 3.50. The molecule has 0 aliphatic heterocycles. The van der Waals surface area contributed by atoms with Crippen LogP contribution in [0.25, 0.3) is 33.2 Å². The third kappa shape index (κ3) is 1.90. The number of para-hydroxylation sites is 1. The monoisotopic (exact) mass is 307 g/mol. The first kappa shape index (κ1) is 13.0. The van der Waals surface area contributed by atoms with E-state index in [4.69, 9.17) is 16.0 Å². The predicted octanol–water partition coefficient (Wildman–Crippen LogP) is 5.11. The summed E-state index contributed by atoms with van der Waals surface area (Å²) in [6.45, 7) is 0. The van der Waals surface area contributed by atoms with Gasteiger partial charge in [-0.15, -0.1) is 0 Å². The van der Waals surface area contributed by atoms with Crippen LogP contribution in [0.3, 0.4) is 0 Å². The molecular formula is C18H10ClNO2. The Balaban J connectivity index is 2.09. The van der Waals surface area contributed by atoms with Gasteiger partial charge >= 0.3 is 0 Å². The van der Waals surface area contributed by atoms with Crippen LogP contribution in [0.5, 0.6) is 0 Å². The molecule has 2 heterocycles. The maximum Gasteiger partial charge on any atom is 0.227 e. The summed E-state index contributed by atoms with van der Waals surface area (Å²) < 4.78 is 5.91. The Morgan fingerprint density at radius 2 is 1.86 bits per heavy atom. The second-order valence-electron chi connectivity index (χ2n) is 4.99. The van der Waals surface area contributed by atoms with Gasteiger partial charge in [-0.1, -0.05) is 35.9 Å². The minimum absolute atomic E-state index is 0.532. The molecule has 4 rings (SSSR count). The Hall–Kier alpha value is -2.65. The van der Waals surface area contributed by atoms with Crippen LogP contribution in [0.2, 0.25) is 5.02 Å². The first-order valence-corrected chi connectivity index (χ1v) is 7.17. The molecule has 4 aromatic rings. The van der Waals surface area contributed by atoms with E-state index >= 15 is 0 Å². The van der Waals surface area contributed by atoms with Gasteiger partial charge in [0.15, 0.2) is 6.29 Å². The van der Waals surface area contributed by atoms with Crippen LogP contribution in [-0.2, 0) is 0 Å². The maximum atomic E-state index is 11.4. The number of aromatic nitrogens is 1. The van der Waals surface area contributed by atoms with Crippen LogP contribution in [-0.4, -0.2) is 11.3 Å². The quantitative estimate of drug-likeness (QED) is 0.483. The number of carbonyl (C=O) groups is 1. The Bertz CT molecular complexity index is 1020. The highest BCUT2D eigenvalue weighted by atomic mass is 35.5. The van der Waals surface area contributed by atoms with Gasteiger partial charge in [0.2, 0.25) is 5.71 Å². The molecule has 0 N–H and O–H groups in total. The van der Waals surface area contributed by atoms with E-state index in [-0.39, 0.29) is 0 Å². The second kappa shape index (κ2) is 4.97. The topological polar surface area (TPSA) is 43.1 Å². The van der Waals surface area contributed by atoms with Crippen LogP contribution in [0.4, 0.5) is 0 Å². The standard InChI is InChI=1S/C18H10ClNO2/c19-12-6-7-13(11(9-12)10-21)14-3-1-4-15-16-5-2-8-20-18(16)22-17(14)15/h1-10H. The number of aldehydes is 1. The molecule has 0 saturated heterocycles. The molecule has 0 fully saturated rings. The van der Waals surface area contributed by atoms with Gasteiger partial charge in [0.1, 0.15) is 5.58 Å². The molecular weight excluding hydrogens is 298 g/mol. The number of carbonyl (C=O) groups excluding carboxylic acids is 1. The number of pyridine rings is 1. The van der Waals surface area contributed by atoms with Crippen LogP contribution in [0.15, 0.2) is 59.1 Å². The minimum Gasteiger partial charge on any atom is -0.437 e. The zero-order chi connectivity index (χ0) is 15.1. The molecule has 0 aliphatic rings. The lowest BCUT2D eigenvalue weighted by Gasteiger charge is -2.06. The molecule has 0 atom stereocenters. The van der Waals surface area contributed by atoms with Crippen molar-refractivity contribution >= 4 is 40.0 Å². The molecule has 0 unspecified atom stereocenters. The van der Waals surface area contributed by atoms with Gasteiger partial charge < -0.3 is 4.42 Å². The van der Waals surface area contributed by atoms with Gasteiger partial charge in [-0.05, 0) is 29.8 Å². The molecule has 2 aromatic carbocycles. The van der Waals surface area contributed by atoms with Gasteiger partial charge in [0.05, 0.1) is 0 Å². The summed E-state index contributed by atoms with van der Waals surface area (Å²) in [4.78, 5) is 15.6. The molecule has 0 bridgehead atoms. The van der Waals surface area contributed by atoms with Crippen molar-refractivity contribution in [1.82, 2.24) is 4.98 Å². The zero-order valence-electron chi connectivity index (χ0n) is 11.4. The molecule has 22 heavy (non-hydrogen) atoms. The van der Waals surface area contributed by atoms with E-state index in [9.17, 15) is 4.79 Å². The van der Waals surface area contributed by atoms with E-state index in [1.807, 2.05) is 36.4 Å². The first-order valence-electron chi connectivity index (χ1n) is 6.79. The molecule has 0 saturated carbocycles. The Morgan fingerprint density at radius 1 is 1.00 bits per heavy atom. The smallest absolute Gasteiger partial charge is 0.227 e. The molecule has 0 radical (unpaired) electrons. The van der Waals surface area contributed by atoms with E-state index in [0.717, 1.165) is 33.8 Å². The lowest BCUT2D eigenvalue weighted by Crippen LogP contribution is -1.88. The van der Waals surface area contributed by atoms with Crippen molar-refractivity contribution in [2.24, 2.45) is 0 Å². The van der Waals surface area contributed by atoms with Crippen molar-refractivity contribution in [3.63, 3.8) is 0 Å². The highest BCUT2D eigenvalue weighted by Crippen LogP contribution is 2.36. The largest absolute Gasteiger partial charge is 0.437 e. The van der Waals surface area contributed by atoms with Crippen molar-refractivity contribution in [3.05, 3.63) is 65.3 Å². The number of rotatable bonds is 2. The van der Waals surface area contributed by atoms with E-state index in [2.05, 4.69) is 4.98 Å². The molecule has 4 heteroatoms. The lowest BCUT2D eigenvalue weighted by atomic mass is 9.98. The average molecular weight is 308 g/mol. The summed E-state index contributed by atoms with van der Waals surface area (Å²) in [7, 11) is 0. The van der Waals surface area contributed by atoms with E-state index in [0.29, 0.717) is 16.3 Å². The van der Waals surface area contributed by atoms with E-state index in [1.54, 1.807) is 18.3 Å². The van der Waals surface area contributed by atoms with Gasteiger partial charge in [0, 0.05) is 33.1 Å². The van der Waals surface area contributed by atoms with Crippen LogP contribution >= 0.6 is 11.6 Å². The third-order valence-corrected chi connectivity index (χ3v) is 3.94. The predicted molar refractivity (Wildman–Crippen MR) is 87.3 cm³/mol. The van der Waals surface area contributed by atoms with E-state index < -0.39 is 0 Å². The van der Waals surface area contributed by atoms with Crippen LogP contribution < -0.4 is 0 Å². The van der Waals surface area contributed by atoms with Gasteiger partial charge in [0.25, 0.3) is 0 Å². The summed E-state index contributed by atoms with van der Waals surface area (Å²) in [6, 6.07) is 15.0. The molecule has 0 amide bonds. The summed E-state index contributed by atoms with van der Waals surface area (Å²) >= 11 is 5.97. The highest BCUT2D eigenvalue weighted by Gasteiger charge is 2.14. The molecule has 3 nitrogen and oxygen atoms in total. The van der Waals surface area contributed by atoms with Gasteiger partial charge in [-0.2, -0.15) is 0 Å². The summed E-state index contributed by atoms with van der Waals surface area (Å²) in [5, 5.41) is 2.47. The first-order chi connectivity index (χ1) is 10.8. The Kier molecular flexibility index (Phi) is 2.94. The molecule has 106 valence electrons. The molecule has 2 aromatic heterocycles. The number of hydrogen-bond donors (Lipinski definition) is 0. The lowest BCUT2D eigenvalue weighted by molar-refractivity contribution is 0.112. The average Bonchev–Trinajstić information content (AvgIpc) is 2.93. The van der Waals surface area contributed by atoms with Gasteiger partial charge in [-0.3, -0.25) is 4.79 Å². The number of fused-ring (bicyclic) bond motifs is 3. The number of furan rings is 1. The molecule has 0 spiro atoms. The fourth-order valence-electron chi connectivity index (χ4n) is 2.72. The third-order valence-electron chi connectivity index (χ3n) is 3.71. The summed E-state index contributed by atoms with van der Waals surface area (Å²) in [6.07, 6.45) is 2.50. The number of halogens is 1. The van der Waals surface area contributed by atoms with Crippen molar-refractivity contribution in [2.75, 3.05) is 0 Å². The fourth-order valence-corrected chi connectivity index (χ4v) is 2.90. The SMILES string of the molecule is O=Cc1cc(Cl)ccc1-c1cccc2c1oc1ncccc12. The number of benzene rings is 2. The number of nitrogens with zero attached hydrogens (tertiary/aromatic N) is 1. The number of hydrogen-bond acceptors (Lipinski definition) is 3. The maximum absolute atomic E-state index is 11.4. The Labute approximate surface area is 131 Å². The summed E-state index contributed by atoms with van der Waals surface area (Å²) in [5.74, 6) is 0. The minimum atomic E-state index is 0.532. The fraction of sp³-hybridized carbons (Fsp3) is 0. The second-order valence-corrected chi connectivity index (χ2v) is 5.43. The molecule has 0 aliphatic carbocycles. The van der Waals surface area contributed by atoms with E-state index in [1.165, 1.54) is 0 Å². The van der Waals surface area contributed by atoms with Crippen LogP contribution in [0, 0.1) is 0 Å². The van der Waals surface area contributed by atoms with Gasteiger partial charge in [-0.25, -0.2) is 4.98 Å². The van der Waals surface area contributed by atoms with Crippen molar-refractivity contribution in [2.45, 2.75) is 0 Å². The van der Waals surface area contributed by atoms with Crippen molar-refractivity contribution in [1.29, 1.82) is 0 Å². The normalized spacial score (nSPS) is 11.1. The van der Waals surface area contributed by atoms with Crippen LogP contribution in [0.1, 0.15) is 10.4 Å².